The summed E-state index contributed by atoms with van der Waals surface area (Å²) in [5.41, 5.74) is 8.29. The summed E-state index contributed by atoms with van der Waals surface area (Å²) >= 11 is 0. The Morgan fingerprint density at radius 3 is 3.06 bits per heavy atom. The smallest absolute Gasteiger partial charge is 0.267 e. The summed E-state index contributed by atoms with van der Waals surface area (Å²) in [6.07, 6.45) is 3.31. The Kier molecular flexibility index (Phi) is 3.04. The van der Waals surface area contributed by atoms with Gasteiger partial charge >= 0.3 is 0 Å². The number of H-pyrrole nitrogens is 1. The second kappa shape index (κ2) is 4.65. The lowest BCUT2D eigenvalue weighted by Gasteiger charge is -2.06. The van der Waals surface area contributed by atoms with E-state index in [9.17, 15) is 4.79 Å². The van der Waals surface area contributed by atoms with Crippen molar-refractivity contribution in [3.63, 3.8) is 0 Å². The summed E-state index contributed by atoms with van der Waals surface area (Å²) in [5.74, 6) is -0.534. The predicted octanol–water partition coefficient (Wildman–Crippen LogP) is 0.824. The van der Waals surface area contributed by atoms with Crippen LogP contribution in [-0.2, 0) is 6.54 Å². The number of aryl methyl sites for hydroxylation is 1. The molecule has 0 radical (unpaired) electrons. The van der Waals surface area contributed by atoms with Crippen molar-refractivity contribution < 1.29 is 4.79 Å². The lowest BCUT2D eigenvalue weighted by Crippen LogP contribution is -2.13. The van der Waals surface area contributed by atoms with Gasteiger partial charge in [-0.1, -0.05) is 0 Å². The van der Waals surface area contributed by atoms with E-state index in [1.807, 2.05) is 6.92 Å². The first-order chi connectivity index (χ1) is 8.16. The second-order valence-electron chi connectivity index (χ2n) is 3.67. The van der Waals surface area contributed by atoms with Gasteiger partial charge in [0.05, 0.1) is 6.20 Å². The van der Waals surface area contributed by atoms with Crippen LogP contribution in [0.3, 0.4) is 0 Å². The number of hydrogen-bond donors (Lipinski definition) is 3. The van der Waals surface area contributed by atoms with E-state index in [4.69, 9.17) is 5.73 Å². The lowest BCUT2D eigenvalue weighted by atomic mass is 10.2. The number of hydrogen-bond acceptors (Lipinski definition) is 4. The number of primary amides is 1. The molecule has 6 heteroatoms. The van der Waals surface area contributed by atoms with E-state index in [-0.39, 0.29) is 5.69 Å². The molecule has 0 saturated carbocycles. The Morgan fingerprint density at radius 2 is 2.41 bits per heavy atom. The van der Waals surface area contributed by atoms with Gasteiger partial charge in [0.2, 0.25) is 0 Å². The molecular formula is C11H13N5O. The highest BCUT2D eigenvalue weighted by Gasteiger charge is 2.04. The maximum absolute atomic E-state index is 11.0. The van der Waals surface area contributed by atoms with Gasteiger partial charge < -0.3 is 11.1 Å². The Balaban J connectivity index is 2.07. The van der Waals surface area contributed by atoms with Gasteiger partial charge in [-0.2, -0.15) is 5.10 Å². The third-order valence-electron chi connectivity index (χ3n) is 2.43. The number of aromatic amines is 1. The summed E-state index contributed by atoms with van der Waals surface area (Å²) in [7, 11) is 0. The molecule has 0 aliphatic heterocycles. The summed E-state index contributed by atoms with van der Waals surface area (Å²) in [5, 5.41) is 9.96. The number of aromatic nitrogens is 3. The topological polar surface area (TPSA) is 96.7 Å². The number of rotatable bonds is 4. The molecule has 2 heterocycles. The molecule has 0 unspecified atom stereocenters. The molecule has 0 spiro atoms. The van der Waals surface area contributed by atoms with Gasteiger partial charge in [-0.05, 0) is 19.1 Å². The van der Waals surface area contributed by atoms with Crippen LogP contribution in [0.5, 0.6) is 0 Å². The molecule has 0 aliphatic rings. The number of nitrogens with two attached hydrogens (primary N) is 1. The van der Waals surface area contributed by atoms with Crippen molar-refractivity contribution in [1.82, 2.24) is 15.2 Å². The molecule has 6 nitrogen and oxygen atoms in total. The zero-order valence-electron chi connectivity index (χ0n) is 9.40. The van der Waals surface area contributed by atoms with Crippen molar-refractivity contribution in [3.8, 4) is 0 Å². The van der Waals surface area contributed by atoms with Gasteiger partial charge in [-0.25, -0.2) is 0 Å². The summed E-state index contributed by atoms with van der Waals surface area (Å²) in [6, 6.07) is 3.40. The van der Waals surface area contributed by atoms with E-state index in [2.05, 4.69) is 20.5 Å². The molecule has 1 amide bonds. The van der Waals surface area contributed by atoms with Crippen LogP contribution < -0.4 is 11.1 Å². The van der Waals surface area contributed by atoms with Crippen LogP contribution in [0.4, 0.5) is 5.69 Å². The number of carbonyl (C=O) groups excluding carboxylic acids is 1. The highest BCUT2D eigenvalue weighted by atomic mass is 16.1. The second-order valence-corrected chi connectivity index (χ2v) is 3.67. The van der Waals surface area contributed by atoms with Crippen molar-refractivity contribution in [3.05, 3.63) is 41.5 Å². The Bertz CT molecular complexity index is 534. The van der Waals surface area contributed by atoms with E-state index in [0.29, 0.717) is 6.54 Å². The maximum atomic E-state index is 11.0. The van der Waals surface area contributed by atoms with Crippen molar-refractivity contribution in [2.24, 2.45) is 5.73 Å². The average molecular weight is 231 g/mol. The van der Waals surface area contributed by atoms with Gasteiger partial charge in [-0.3, -0.25) is 14.9 Å². The SMILES string of the molecule is Cc1[nH]ncc1CNc1ccnc(C(N)=O)c1. The van der Waals surface area contributed by atoms with Crippen molar-refractivity contribution in [1.29, 1.82) is 0 Å². The minimum absolute atomic E-state index is 0.249. The molecule has 2 rings (SSSR count). The van der Waals surface area contributed by atoms with E-state index in [0.717, 1.165) is 16.9 Å². The fourth-order valence-electron chi connectivity index (χ4n) is 1.43. The fourth-order valence-corrected chi connectivity index (χ4v) is 1.43. The molecule has 0 atom stereocenters. The minimum Gasteiger partial charge on any atom is -0.381 e. The molecule has 0 saturated heterocycles. The molecule has 4 N–H and O–H groups in total. The van der Waals surface area contributed by atoms with Crippen LogP contribution >= 0.6 is 0 Å². The van der Waals surface area contributed by atoms with Crippen molar-refractivity contribution in [2.45, 2.75) is 13.5 Å². The predicted molar refractivity (Wildman–Crippen MR) is 63.4 cm³/mol. The molecule has 2 aromatic rings. The number of nitrogens with one attached hydrogen (secondary N) is 2. The number of anilines is 1. The van der Waals surface area contributed by atoms with Gasteiger partial charge in [0.15, 0.2) is 0 Å². The number of pyridine rings is 1. The van der Waals surface area contributed by atoms with Crippen LogP contribution in [0, 0.1) is 6.92 Å². The summed E-state index contributed by atoms with van der Waals surface area (Å²) < 4.78 is 0. The lowest BCUT2D eigenvalue weighted by molar-refractivity contribution is 0.0995. The molecule has 88 valence electrons. The standard InChI is InChI=1S/C11H13N5O/c1-7-8(6-15-16-7)5-14-9-2-3-13-10(4-9)11(12)17/h2-4,6H,5H2,1H3,(H2,12,17)(H,13,14)(H,15,16). The normalized spacial score (nSPS) is 10.2. The highest BCUT2D eigenvalue weighted by molar-refractivity contribution is 5.91. The van der Waals surface area contributed by atoms with Crippen LogP contribution in [0.25, 0.3) is 0 Å². The quantitative estimate of drug-likeness (QED) is 0.725. The molecular weight excluding hydrogens is 218 g/mol. The van der Waals surface area contributed by atoms with E-state index in [1.165, 1.54) is 0 Å². The average Bonchev–Trinajstić information content (AvgIpc) is 2.72. The van der Waals surface area contributed by atoms with E-state index >= 15 is 0 Å². The number of amides is 1. The Morgan fingerprint density at radius 1 is 1.59 bits per heavy atom. The Labute approximate surface area is 98.3 Å². The van der Waals surface area contributed by atoms with Gasteiger partial charge in [0.25, 0.3) is 5.91 Å². The first-order valence-electron chi connectivity index (χ1n) is 5.15. The van der Waals surface area contributed by atoms with Crippen LogP contribution in [-0.4, -0.2) is 21.1 Å². The highest BCUT2D eigenvalue weighted by Crippen LogP contribution is 2.10. The third kappa shape index (κ3) is 2.60. The van der Waals surface area contributed by atoms with Gasteiger partial charge in [0.1, 0.15) is 5.69 Å². The molecule has 0 fully saturated rings. The minimum atomic E-state index is -0.534. The Hall–Kier alpha value is -2.37. The maximum Gasteiger partial charge on any atom is 0.267 e. The monoisotopic (exact) mass is 231 g/mol. The van der Waals surface area contributed by atoms with Crippen LogP contribution in [0.15, 0.2) is 24.5 Å². The zero-order valence-corrected chi connectivity index (χ0v) is 9.40. The number of carbonyl (C=O) groups is 1. The van der Waals surface area contributed by atoms with E-state index < -0.39 is 5.91 Å². The molecule has 0 aliphatic carbocycles. The van der Waals surface area contributed by atoms with Crippen molar-refractivity contribution in [2.75, 3.05) is 5.32 Å². The summed E-state index contributed by atoms with van der Waals surface area (Å²) in [4.78, 5) is 14.8. The van der Waals surface area contributed by atoms with Gasteiger partial charge in [-0.15, -0.1) is 0 Å². The third-order valence-corrected chi connectivity index (χ3v) is 2.43. The van der Waals surface area contributed by atoms with Gasteiger partial charge in [0, 0.05) is 29.7 Å². The van der Waals surface area contributed by atoms with Crippen LogP contribution in [0.1, 0.15) is 21.7 Å². The largest absolute Gasteiger partial charge is 0.381 e. The fraction of sp³-hybridized carbons (Fsp3) is 0.182. The molecule has 0 bridgehead atoms. The van der Waals surface area contributed by atoms with Crippen LogP contribution in [0.2, 0.25) is 0 Å². The zero-order chi connectivity index (χ0) is 12.3. The van der Waals surface area contributed by atoms with E-state index in [1.54, 1.807) is 24.5 Å². The van der Waals surface area contributed by atoms with Crippen molar-refractivity contribution >= 4 is 11.6 Å². The first-order valence-corrected chi connectivity index (χ1v) is 5.15. The first kappa shape index (κ1) is 11.1. The molecule has 17 heavy (non-hydrogen) atoms. The summed E-state index contributed by atoms with van der Waals surface area (Å²) in [6.45, 7) is 2.58. The molecule has 0 aromatic carbocycles. The number of nitrogens with zero attached hydrogens (tertiary/aromatic N) is 2. The molecule has 2 aromatic heterocycles.